The van der Waals surface area contributed by atoms with Crippen LogP contribution in [0, 0.1) is 13.8 Å². The number of nitrogens with one attached hydrogen (secondary N) is 1. The standard InChI is InChI=1S/C25H29N3O3/c1-19-6-4-7-23(16-19)31-18-22-17-21(8-10-24(22)30-3)9-11-25(29)26-13-5-15-28-20(2)12-14-27-28/h4,6-12,14,16-17H,5,13,15,18H2,1-3H3,(H,26,29)/b11-9+. The highest BCUT2D eigenvalue weighted by Gasteiger charge is 2.06. The van der Waals surface area contributed by atoms with E-state index in [1.165, 1.54) is 0 Å². The molecule has 1 heterocycles. The molecule has 0 fully saturated rings. The predicted octanol–water partition coefficient (Wildman–Crippen LogP) is 4.31. The molecule has 1 aromatic heterocycles. The summed E-state index contributed by atoms with van der Waals surface area (Å²) in [7, 11) is 1.64. The van der Waals surface area contributed by atoms with E-state index in [-0.39, 0.29) is 5.91 Å². The van der Waals surface area contributed by atoms with Crippen LogP contribution in [0.25, 0.3) is 6.08 Å². The third-order valence-corrected chi connectivity index (χ3v) is 4.89. The molecule has 0 saturated carbocycles. The molecule has 0 aliphatic rings. The lowest BCUT2D eigenvalue weighted by molar-refractivity contribution is -0.116. The molecule has 162 valence electrons. The maximum Gasteiger partial charge on any atom is 0.244 e. The number of aromatic nitrogens is 2. The highest BCUT2D eigenvalue weighted by molar-refractivity contribution is 5.91. The Hall–Kier alpha value is -3.54. The summed E-state index contributed by atoms with van der Waals surface area (Å²) in [5.41, 5.74) is 4.09. The lowest BCUT2D eigenvalue weighted by Gasteiger charge is -2.11. The molecule has 31 heavy (non-hydrogen) atoms. The topological polar surface area (TPSA) is 65.4 Å². The Labute approximate surface area is 183 Å². The van der Waals surface area contributed by atoms with Gasteiger partial charge in [0.15, 0.2) is 0 Å². The normalized spacial score (nSPS) is 10.9. The third-order valence-electron chi connectivity index (χ3n) is 4.89. The van der Waals surface area contributed by atoms with Gasteiger partial charge in [0.25, 0.3) is 0 Å². The first kappa shape index (κ1) is 22.2. The molecule has 0 aliphatic carbocycles. The summed E-state index contributed by atoms with van der Waals surface area (Å²) in [5, 5.41) is 7.15. The van der Waals surface area contributed by atoms with Crippen LogP contribution >= 0.6 is 0 Å². The lowest BCUT2D eigenvalue weighted by atomic mass is 10.1. The molecule has 0 unspecified atom stereocenters. The van der Waals surface area contributed by atoms with E-state index in [0.717, 1.165) is 46.8 Å². The number of hydrogen-bond acceptors (Lipinski definition) is 4. The minimum Gasteiger partial charge on any atom is -0.496 e. The molecule has 0 saturated heterocycles. The zero-order valence-electron chi connectivity index (χ0n) is 18.3. The molecule has 0 spiro atoms. The van der Waals surface area contributed by atoms with Crippen molar-refractivity contribution in [3.8, 4) is 11.5 Å². The maximum atomic E-state index is 12.1. The number of carbonyl (C=O) groups is 1. The van der Waals surface area contributed by atoms with Crippen molar-refractivity contribution in [2.75, 3.05) is 13.7 Å². The van der Waals surface area contributed by atoms with Crippen LogP contribution in [0.1, 0.15) is 28.8 Å². The number of benzene rings is 2. The van der Waals surface area contributed by atoms with Gasteiger partial charge in [0.05, 0.1) is 7.11 Å². The summed E-state index contributed by atoms with van der Waals surface area (Å²) in [4.78, 5) is 12.1. The SMILES string of the molecule is COc1ccc(/C=C/C(=O)NCCCn2nccc2C)cc1COc1cccc(C)c1. The number of aryl methyl sites for hydroxylation is 3. The molecule has 1 amide bonds. The van der Waals surface area contributed by atoms with Gasteiger partial charge in [-0.05, 0) is 67.8 Å². The first-order valence-corrected chi connectivity index (χ1v) is 10.4. The Morgan fingerprint density at radius 2 is 2.03 bits per heavy atom. The number of hydrogen-bond donors (Lipinski definition) is 1. The monoisotopic (exact) mass is 419 g/mol. The van der Waals surface area contributed by atoms with Gasteiger partial charge in [-0.3, -0.25) is 9.48 Å². The van der Waals surface area contributed by atoms with E-state index in [2.05, 4.69) is 10.4 Å². The molecule has 3 rings (SSSR count). The first-order chi connectivity index (χ1) is 15.0. The number of methoxy groups -OCH3 is 1. The minimum absolute atomic E-state index is 0.120. The summed E-state index contributed by atoms with van der Waals surface area (Å²) < 4.78 is 13.3. The fraction of sp³-hybridized carbons (Fsp3) is 0.280. The second-order valence-electron chi connectivity index (χ2n) is 7.35. The summed E-state index contributed by atoms with van der Waals surface area (Å²) in [5.74, 6) is 1.45. The molecule has 0 bridgehead atoms. The van der Waals surface area contributed by atoms with E-state index in [4.69, 9.17) is 9.47 Å². The Bertz CT molecular complexity index is 1040. The molecule has 2 aromatic carbocycles. The van der Waals surface area contributed by atoms with Gasteiger partial charge >= 0.3 is 0 Å². The van der Waals surface area contributed by atoms with Crippen LogP contribution in [-0.2, 0) is 17.9 Å². The lowest BCUT2D eigenvalue weighted by Crippen LogP contribution is -2.23. The molecular formula is C25H29N3O3. The van der Waals surface area contributed by atoms with Crippen LogP contribution in [0.15, 0.2) is 60.8 Å². The summed E-state index contributed by atoms with van der Waals surface area (Å²) in [6.07, 6.45) is 5.95. The van der Waals surface area contributed by atoms with Crippen molar-refractivity contribution >= 4 is 12.0 Å². The van der Waals surface area contributed by atoms with Gasteiger partial charge < -0.3 is 14.8 Å². The number of ether oxygens (including phenoxy) is 2. The Balaban J connectivity index is 1.52. The van der Waals surface area contributed by atoms with Gasteiger partial charge in [0.2, 0.25) is 5.91 Å². The van der Waals surface area contributed by atoms with Crippen molar-refractivity contribution in [2.45, 2.75) is 33.4 Å². The largest absolute Gasteiger partial charge is 0.496 e. The Kier molecular flexibility index (Phi) is 7.87. The van der Waals surface area contributed by atoms with E-state index >= 15 is 0 Å². The first-order valence-electron chi connectivity index (χ1n) is 10.4. The van der Waals surface area contributed by atoms with E-state index in [1.54, 1.807) is 25.5 Å². The second-order valence-corrected chi connectivity index (χ2v) is 7.35. The smallest absolute Gasteiger partial charge is 0.244 e. The fourth-order valence-corrected chi connectivity index (χ4v) is 3.19. The molecule has 0 aliphatic heterocycles. The van der Waals surface area contributed by atoms with Crippen molar-refractivity contribution in [2.24, 2.45) is 0 Å². The molecule has 6 nitrogen and oxygen atoms in total. The van der Waals surface area contributed by atoms with Crippen LogP contribution < -0.4 is 14.8 Å². The predicted molar refractivity (Wildman–Crippen MR) is 122 cm³/mol. The molecular weight excluding hydrogens is 390 g/mol. The molecule has 1 N–H and O–H groups in total. The van der Waals surface area contributed by atoms with Crippen molar-refractivity contribution in [3.05, 3.63) is 83.2 Å². The average molecular weight is 420 g/mol. The van der Waals surface area contributed by atoms with Crippen molar-refractivity contribution in [3.63, 3.8) is 0 Å². The zero-order valence-corrected chi connectivity index (χ0v) is 18.3. The van der Waals surface area contributed by atoms with Crippen LogP contribution in [0.3, 0.4) is 0 Å². The van der Waals surface area contributed by atoms with E-state index < -0.39 is 0 Å². The van der Waals surface area contributed by atoms with Crippen molar-refractivity contribution in [1.29, 1.82) is 0 Å². The minimum atomic E-state index is -0.120. The average Bonchev–Trinajstić information content (AvgIpc) is 3.18. The van der Waals surface area contributed by atoms with Crippen molar-refractivity contribution < 1.29 is 14.3 Å². The van der Waals surface area contributed by atoms with Gasteiger partial charge in [-0.2, -0.15) is 5.10 Å². The molecule has 3 aromatic rings. The molecule has 0 radical (unpaired) electrons. The van der Waals surface area contributed by atoms with E-state index in [9.17, 15) is 4.79 Å². The molecule has 0 atom stereocenters. The number of carbonyl (C=O) groups excluding carboxylic acids is 1. The quantitative estimate of drug-likeness (QED) is 0.393. The van der Waals surface area contributed by atoms with Gasteiger partial charge in [0, 0.05) is 36.6 Å². The zero-order chi connectivity index (χ0) is 22.1. The number of nitrogens with zero attached hydrogens (tertiary/aromatic N) is 2. The second kappa shape index (κ2) is 11.0. The maximum absolute atomic E-state index is 12.1. The van der Waals surface area contributed by atoms with E-state index in [0.29, 0.717) is 13.2 Å². The van der Waals surface area contributed by atoms with Crippen LogP contribution in [0.4, 0.5) is 0 Å². The number of rotatable bonds is 10. The summed E-state index contributed by atoms with van der Waals surface area (Å²) in [6, 6.07) is 15.7. The van der Waals surface area contributed by atoms with Crippen molar-refractivity contribution in [1.82, 2.24) is 15.1 Å². The molecule has 6 heteroatoms. The Morgan fingerprint density at radius 3 is 2.77 bits per heavy atom. The Morgan fingerprint density at radius 1 is 1.16 bits per heavy atom. The highest BCUT2D eigenvalue weighted by Crippen LogP contribution is 2.23. The highest BCUT2D eigenvalue weighted by atomic mass is 16.5. The summed E-state index contributed by atoms with van der Waals surface area (Å²) >= 11 is 0. The van der Waals surface area contributed by atoms with Crippen LogP contribution in [0.2, 0.25) is 0 Å². The van der Waals surface area contributed by atoms with Crippen LogP contribution in [0.5, 0.6) is 11.5 Å². The van der Waals surface area contributed by atoms with Gasteiger partial charge in [-0.15, -0.1) is 0 Å². The third kappa shape index (κ3) is 6.74. The van der Waals surface area contributed by atoms with Gasteiger partial charge in [-0.1, -0.05) is 18.2 Å². The van der Waals surface area contributed by atoms with E-state index in [1.807, 2.05) is 67.1 Å². The summed E-state index contributed by atoms with van der Waals surface area (Å²) in [6.45, 7) is 5.81. The number of amides is 1. The van der Waals surface area contributed by atoms with Crippen LogP contribution in [-0.4, -0.2) is 29.3 Å². The van der Waals surface area contributed by atoms with Gasteiger partial charge in [-0.25, -0.2) is 0 Å². The fourth-order valence-electron chi connectivity index (χ4n) is 3.19. The van der Waals surface area contributed by atoms with Gasteiger partial charge in [0.1, 0.15) is 18.1 Å².